The minimum Gasteiger partial charge on any atom is -0.342 e. The zero-order chi connectivity index (χ0) is 16.2. The lowest BCUT2D eigenvalue weighted by atomic mass is 10.1. The summed E-state index contributed by atoms with van der Waals surface area (Å²) in [6, 6.07) is 8.69. The van der Waals surface area contributed by atoms with Crippen LogP contribution in [0.25, 0.3) is 0 Å². The van der Waals surface area contributed by atoms with E-state index in [1.54, 1.807) is 0 Å². The number of amides is 2. The number of likely N-dealkylation sites (tertiary alicyclic amines) is 1. The molecule has 124 valence electrons. The van der Waals surface area contributed by atoms with Crippen molar-refractivity contribution in [2.45, 2.75) is 51.5 Å². The molecular weight excluding hydrogens is 288 g/mol. The highest BCUT2D eigenvalue weighted by Gasteiger charge is 2.30. The molecule has 23 heavy (non-hydrogen) atoms. The van der Waals surface area contributed by atoms with Crippen molar-refractivity contribution in [2.75, 3.05) is 19.6 Å². The predicted octanol–water partition coefficient (Wildman–Crippen LogP) is 2.93. The first-order chi connectivity index (χ1) is 11.2. The lowest BCUT2D eigenvalue weighted by Gasteiger charge is -2.30. The molecule has 0 saturated carbocycles. The summed E-state index contributed by atoms with van der Waals surface area (Å²) in [5.74, 6) is 0.388. The molecule has 2 amide bonds. The van der Waals surface area contributed by atoms with Crippen molar-refractivity contribution in [1.29, 1.82) is 0 Å². The Kier molecular flexibility index (Phi) is 4.99. The molecule has 2 aliphatic rings. The number of carbonyl (C=O) groups excluding carboxylic acids is 2. The van der Waals surface area contributed by atoms with E-state index in [4.69, 9.17) is 0 Å². The smallest absolute Gasteiger partial charge is 0.224 e. The molecule has 1 fully saturated rings. The number of fused-ring (bicyclic) bond motifs is 1. The third kappa shape index (κ3) is 3.41. The third-order valence-electron chi connectivity index (χ3n) is 5.03. The zero-order valence-corrected chi connectivity index (χ0v) is 14.0. The van der Waals surface area contributed by atoms with Crippen LogP contribution in [0.2, 0.25) is 0 Å². The van der Waals surface area contributed by atoms with Gasteiger partial charge in [0.15, 0.2) is 0 Å². The normalized spacial score (nSPS) is 20.0. The highest BCUT2D eigenvalue weighted by Crippen LogP contribution is 2.36. The Bertz CT molecular complexity index is 584. The summed E-state index contributed by atoms with van der Waals surface area (Å²) in [6.07, 6.45) is 5.06. The second-order valence-electron chi connectivity index (χ2n) is 6.57. The summed E-state index contributed by atoms with van der Waals surface area (Å²) in [5.41, 5.74) is 2.69. The van der Waals surface area contributed by atoms with Crippen LogP contribution in [0.3, 0.4) is 0 Å². The molecule has 1 aromatic carbocycles. The van der Waals surface area contributed by atoms with Gasteiger partial charge in [-0.2, -0.15) is 0 Å². The van der Waals surface area contributed by atoms with Gasteiger partial charge in [0.05, 0.1) is 6.04 Å². The molecular formula is C19H26N2O2. The average molecular weight is 314 g/mol. The summed E-state index contributed by atoms with van der Waals surface area (Å²) in [7, 11) is 0. The average Bonchev–Trinajstić information content (AvgIpc) is 3.16. The van der Waals surface area contributed by atoms with E-state index >= 15 is 0 Å². The summed E-state index contributed by atoms with van der Waals surface area (Å²) < 4.78 is 0. The first-order valence-electron chi connectivity index (χ1n) is 8.85. The molecule has 1 aliphatic carbocycles. The molecule has 0 radical (unpaired) electrons. The Hall–Kier alpha value is -1.84. The first kappa shape index (κ1) is 16.0. The van der Waals surface area contributed by atoms with Crippen LogP contribution in [0.4, 0.5) is 0 Å². The van der Waals surface area contributed by atoms with Crippen molar-refractivity contribution in [3.8, 4) is 0 Å². The fraction of sp³-hybridized carbons (Fsp3) is 0.579. The summed E-state index contributed by atoms with van der Waals surface area (Å²) in [4.78, 5) is 28.4. The lowest BCUT2D eigenvalue weighted by Crippen LogP contribution is -2.37. The number of hydrogen-bond acceptors (Lipinski definition) is 2. The third-order valence-corrected chi connectivity index (χ3v) is 5.03. The van der Waals surface area contributed by atoms with Crippen molar-refractivity contribution >= 4 is 11.8 Å². The van der Waals surface area contributed by atoms with E-state index in [2.05, 4.69) is 31.2 Å². The Balaban J connectivity index is 1.66. The van der Waals surface area contributed by atoms with Crippen molar-refractivity contribution in [1.82, 2.24) is 9.80 Å². The quantitative estimate of drug-likeness (QED) is 0.810. The maximum atomic E-state index is 12.8. The largest absolute Gasteiger partial charge is 0.342 e. The second-order valence-corrected chi connectivity index (χ2v) is 6.57. The van der Waals surface area contributed by atoms with E-state index < -0.39 is 0 Å². The Morgan fingerprint density at radius 3 is 2.87 bits per heavy atom. The molecule has 0 N–H and O–H groups in total. The standard InChI is InChI=1S/C19H26N2O2/c1-2-12-21(17-10-9-15-6-3-4-7-16(15)17)19(23)11-14-20-13-5-8-18(20)22/h3-4,6-7,17H,2,5,8-14H2,1H3. The molecule has 1 heterocycles. The minimum atomic E-state index is 0.188. The highest BCUT2D eigenvalue weighted by molar-refractivity contribution is 5.80. The Morgan fingerprint density at radius 2 is 2.13 bits per heavy atom. The van der Waals surface area contributed by atoms with Gasteiger partial charge in [-0.25, -0.2) is 0 Å². The van der Waals surface area contributed by atoms with Gasteiger partial charge in [0.25, 0.3) is 0 Å². The SMILES string of the molecule is CCCN(C(=O)CCN1CCCC1=O)C1CCc2ccccc21. The fourth-order valence-electron chi connectivity index (χ4n) is 3.87. The number of hydrogen-bond donors (Lipinski definition) is 0. The molecule has 4 nitrogen and oxygen atoms in total. The molecule has 1 saturated heterocycles. The second kappa shape index (κ2) is 7.16. The van der Waals surface area contributed by atoms with Gasteiger partial charge in [0, 0.05) is 32.5 Å². The van der Waals surface area contributed by atoms with Gasteiger partial charge in [0.1, 0.15) is 0 Å². The fourth-order valence-corrected chi connectivity index (χ4v) is 3.87. The van der Waals surface area contributed by atoms with Crippen molar-refractivity contribution in [3.63, 3.8) is 0 Å². The van der Waals surface area contributed by atoms with Crippen molar-refractivity contribution in [2.24, 2.45) is 0 Å². The molecule has 1 aliphatic heterocycles. The van der Waals surface area contributed by atoms with Gasteiger partial charge in [-0.3, -0.25) is 9.59 Å². The topological polar surface area (TPSA) is 40.6 Å². The number of carbonyl (C=O) groups is 2. The summed E-state index contributed by atoms with van der Waals surface area (Å²) in [6.45, 7) is 4.30. The van der Waals surface area contributed by atoms with Crippen LogP contribution in [-0.2, 0) is 16.0 Å². The van der Waals surface area contributed by atoms with Gasteiger partial charge >= 0.3 is 0 Å². The van der Waals surface area contributed by atoms with Crippen molar-refractivity contribution < 1.29 is 9.59 Å². The van der Waals surface area contributed by atoms with Crippen LogP contribution in [0.5, 0.6) is 0 Å². The van der Waals surface area contributed by atoms with Gasteiger partial charge in [-0.05, 0) is 36.8 Å². The lowest BCUT2D eigenvalue weighted by molar-refractivity contribution is -0.135. The van der Waals surface area contributed by atoms with Crippen LogP contribution in [0.1, 0.15) is 56.2 Å². The Morgan fingerprint density at radius 1 is 1.30 bits per heavy atom. The van der Waals surface area contributed by atoms with Gasteiger partial charge in [0.2, 0.25) is 11.8 Å². The van der Waals surface area contributed by atoms with E-state index in [0.29, 0.717) is 19.4 Å². The Labute approximate surface area is 138 Å². The predicted molar refractivity (Wildman–Crippen MR) is 89.9 cm³/mol. The highest BCUT2D eigenvalue weighted by atomic mass is 16.2. The van der Waals surface area contributed by atoms with Crippen molar-refractivity contribution in [3.05, 3.63) is 35.4 Å². The molecule has 0 spiro atoms. The van der Waals surface area contributed by atoms with Gasteiger partial charge < -0.3 is 9.80 Å². The zero-order valence-electron chi connectivity index (χ0n) is 14.0. The summed E-state index contributed by atoms with van der Waals surface area (Å²) in [5, 5.41) is 0. The van der Waals surface area contributed by atoms with Crippen LogP contribution in [0, 0.1) is 0 Å². The van der Waals surface area contributed by atoms with E-state index in [9.17, 15) is 9.59 Å². The minimum absolute atomic E-state index is 0.188. The van der Waals surface area contributed by atoms with Crippen LogP contribution >= 0.6 is 0 Å². The molecule has 0 aromatic heterocycles. The molecule has 3 rings (SSSR count). The van der Waals surface area contributed by atoms with Crippen LogP contribution < -0.4 is 0 Å². The van der Waals surface area contributed by atoms with E-state index in [-0.39, 0.29) is 17.9 Å². The number of rotatable bonds is 6. The maximum absolute atomic E-state index is 12.8. The van der Waals surface area contributed by atoms with E-state index in [0.717, 1.165) is 38.8 Å². The number of nitrogens with zero attached hydrogens (tertiary/aromatic N) is 2. The maximum Gasteiger partial charge on any atom is 0.224 e. The van der Waals surface area contributed by atoms with Gasteiger partial charge in [-0.1, -0.05) is 31.2 Å². The first-order valence-corrected chi connectivity index (χ1v) is 8.85. The number of benzene rings is 1. The van der Waals surface area contributed by atoms with Gasteiger partial charge in [-0.15, -0.1) is 0 Å². The molecule has 1 atom stereocenters. The molecule has 1 unspecified atom stereocenters. The van der Waals surface area contributed by atoms with E-state index in [1.807, 2.05) is 9.80 Å². The van der Waals surface area contributed by atoms with Crippen LogP contribution in [0.15, 0.2) is 24.3 Å². The monoisotopic (exact) mass is 314 g/mol. The molecule has 1 aromatic rings. The summed E-state index contributed by atoms with van der Waals surface area (Å²) >= 11 is 0. The van der Waals surface area contributed by atoms with E-state index in [1.165, 1.54) is 11.1 Å². The number of aryl methyl sites for hydroxylation is 1. The molecule has 4 heteroatoms. The molecule has 0 bridgehead atoms. The van der Waals surface area contributed by atoms with Crippen LogP contribution in [-0.4, -0.2) is 41.2 Å².